The summed E-state index contributed by atoms with van der Waals surface area (Å²) in [4.78, 5) is 0. The van der Waals surface area contributed by atoms with Gasteiger partial charge < -0.3 is 9.47 Å². The second-order valence-electron chi connectivity index (χ2n) is 3.60. The van der Waals surface area contributed by atoms with Crippen LogP contribution in [0, 0.1) is 0 Å². The lowest BCUT2D eigenvalue weighted by Crippen LogP contribution is -2.43. The molecule has 2 saturated heterocycles. The fourth-order valence-electron chi connectivity index (χ4n) is 2.08. The topological polar surface area (TPSA) is 18.5 Å². The van der Waals surface area contributed by atoms with Crippen LogP contribution in [0.2, 0.25) is 0 Å². The number of hydrogen-bond donors (Lipinski definition) is 0. The normalized spacial score (nSPS) is 51.7. The summed E-state index contributed by atoms with van der Waals surface area (Å²) in [6.07, 6.45) is 1.05. The Hall–Kier alpha value is 0.335. The van der Waals surface area contributed by atoms with E-state index in [4.69, 9.17) is 17.3 Å². The van der Waals surface area contributed by atoms with Gasteiger partial charge in [-0.1, -0.05) is 6.92 Å². The molecule has 2 fully saturated rings. The molecule has 0 spiro atoms. The Balaban J connectivity index is 2.13. The molecule has 2 bridgehead atoms. The standard InChI is InChI=1S/C8H13BO2S/c1-5-8(4-10-2)3-6(12-5)7(9)11-8/h5-7H,3-4H2,1-2H3/t5?,6?,7-,8+/m1/s1. The van der Waals surface area contributed by atoms with E-state index in [1.807, 2.05) is 11.8 Å². The van der Waals surface area contributed by atoms with Crippen molar-refractivity contribution in [2.75, 3.05) is 13.7 Å². The van der Waals surface area contributed by atoms with E-state index < -0.39 is 0 Å². The van der Waals surface area contributed by atoms with Gasteiger partial charge in [0.05, 0.1) is 6.61 Å². The smallest absolute Gasteiger partial charge is 0.110 e. The molecule has 2 aliphatic rings. The second-order valence-corrected chi connectivity index (χ2v) is 5.19. The molecule has 2 unspecified atom stereocenters. The van der Waals surface area contributed by atoms with E-state index in [1.165, 1.54) is 0 Å². The molecule has 0 aromatic rings. The highest BCUT2D eigenvalue weighted by atomic mass is 32.2. The van der Waals surface area contributed by atoms with E-state index >= 15 is 0 Å². The largest absolute Gasteiger partial charge is 0.382 e. The predicted molar refractivity (Wildman–Crippen MR) is 50.7 cm³/mol. The van der Waals surface area contributed by atoms with Crippen molar-refractivity contribution < 1.29 is 9.47 Å². The third kappa shape index (κ3) is 1.12. The monoisotopic (exact) mass is 184 g/mol. The summed E-state index contributed by atoms with van der Waals surface area (Å²) >= 11 is 1.93. The summed E-state index contributed by atoms with van der Waals surface area (Å²) in [6.45, 7) is 2.86. The summed E-state index contributed by atoms with van der Waals surface area (Å²) in [5, 5.41) is 0.998. The Kier molecular flexibility index (Phi) is 2.17. The zero-order valence-electron chi connectivity index (χ0n) is 7.45. The van der Waals surface area contributed by atoms with Crippen LogP contribution in [0.15, 0.2) is 0 Å². The molecule has 4 heteroatoms. The summed E-state index contributed by atoms with van der Waals surface area (Å²) in [7, 11) is 7.51. The van der Waals surface area contributed by atoms with Gasteiger partial charge >= 0.3 is 0 Å². The molecule has 4 atom stereocenters. The molecule has 2 nitrogen and oxygen atoms in total. The average Bonchev–Trinajstić information content (AvgIpc) is 2.43. The first-order chi connectivity index (χ1) is 5.68. The Morgan fingerprint density at radius 3 is 3.00 bits per heavy atom. The summed E-state index contributed by atoms with van der Waals surface area (Å²) in [5.74, 6) is 0. The van der Waals surface area contributed by atoms with Crippen LogP contribution in [0.1, 0.15) is 13.3 Å². The van der Waals surface area contributed by atoms with Crippen molar-refractivity contribution in [2.24, 2.45) is 0 Å². The van der Waals surface area contributed by atoms with E-state index in [1.54, 1.807) is 7.11 Å². The summed E-state index contributed by atoms with van der Waals surface area (Å²) < 4.78 is 10.9. The minimum atomic E-state index is -0.0938. The number of thioether (sulfide) groups is 1. The molecular weight excluding hydrogens is 171 g/mol. The van der Waals surface area contributed by atoms with Gasteiger partial charge in [-0.05, 0) is 6.42 Å². The van der Waals surface area contributed by atoms with E-state index in [0.29, 0.717) is 17.1 Å². The average molecular weight is 184 g/mol. The van der Waals surface area contributed by atoms with Gasteiger partial charge in [0.15, 0.2) is 0 Å². The molecule has 0 aliphatic carbocycles. The Labute approximate surface area is 78.8 Å². The van der Waals surface area contributed by atoms with Crippen molar-refractivity contribution in [1.29, 1.82) is 0 Å². The van der Waals surface area contributed by atoms with Gasteiger partial charge in [0.2, 0.25) is 0 Å². The minimum absolute atomic E-state index is 0.0821. The number of rotatable bonds is 2. The lowest BCUT2D eigenvalue weighted by atomic mass is 9.93. The van der Waals surface area contributed by atoms with Gasteiger partial charge in [0.1, 0.15) is 13.4 Å². The Bertz CT molecular complexity index is 186. The molecular formula is C8H13BO2S. The van der Waals surface area contributed by atoms with Crippen LogP contribution in [0.25, 0.3) is 0 Å². The van der Waals surface area contributed by atoms with Gasteiger partial charge in [0, 0.05) is 23.6 Å². The fraction of sp³-hybridized carbons (Fsp3) is 1.00. The van der Waals surface area contributed by atoms with E-state index in [0.717, 1.165) is 6.42 Å². The lowest BCUT2D eigenvalue weighted by Gasteiger charge is -2.34. The van der Waals surface area contributed by atoms with Crippen LogP contribution < -0.4 is 0 Å². The maximum Gasteiger partial charge on any atom is 0.110 e. The molecule has 0 saturated carbocycles. The molecule has 2 heterocycles. The molecule has 2 radical (unpaired) electrons. The van der Waals surface area contributed by atoms with Crippen LogP contribution >= 0.6 is 11.8 Å². The molecule has 2 aliphatic heterocycles. The van der Waals surface area contributed by atoms with E-state index in [9.17, 15) is 0 Å². The SMILES string of the molecule is [B][C@@H]1O[C@]2(COC)CC1SC2C. The van der Waals surface area contributed by atoms with E-state index in [2.05, 4.69) is 6.92 Å². The fourth-order valence-corrected chi connectivity index (χ4v) is 3.66. The first kappa shape index (κ1) is 8.91. The number of hydrogen-bond acceptors (Lipinski definition) is 3. The zero-order valence-corrected chi connectivity index (χ0v) is 8.26. The molecule has 0 aromatic carbocycles. The van der Waals surface area contributed by atoms with Gasteiger partial charge in [-0.15, -0.1) is 0 Å². The number of ether oxygens (including phenoxy) is 2. The van der Waals surface area contributed by atoms with Gasteiger partial charge in [-0.3, -0.25) is 0 Å². The quantitative estimate of drug-likeness (QED) is 0.591. The second kappa shape index (κ2) is 2.93. The Morgan fingerprint density at radius 2 is 2.50 bits per heavy atom. The highest BCUT2D eigenvalue weighted by molar-refractivity contribution is 8.01. The molecule has 12 heavy (non-hydrogen) atoms. The highest BCUT2D eigenvalue weighted by Crippen LogP contribution is 2.51. The van der Waals surface area contributed by atoms with Gasteiger partial charge in [-0.2, -0.15) is 11.8 Å². The van der Waals surface area contributed by atoms with Crippen molar-refractivity contribution in [1.82, 2.24) is 0 Å². The molecule has 0 N–H and O–H groups in total. The van der Waals surface area contributed by atoms with Gasteiger partial charge in [-0.25, -0.2) is 0 Å². The predicted octanol–water partition coefficient (Wildman–Crippen LogP) is 0.790. The van der Waals surface area contributed by atoms with Crippen LogP contribution in [-0.2, 0) is 9.47 Å². The first-order valence-electron chi connectivity index (χ1n) is 4.26. The van der Waals surface area contributed by atoms with Crippen molar-refractivity contribution in [2.45, 2.75) is 35.4 Å². The molecule has 0 aromatic heterocycles. The zero-order chi connectivity index (χ0) is 8.77. The molecule has 66 valence electrons. The summed E-state index contributed by atoms with van der Waals surface area (Å²) in [5.41, 5.74) is -0.0938. The van der Waals surface area contributed by atoms with Crippen LogP contribution in [0.4, 0.5) is 0 Å². The maximum absolute atomic E-state index is 5.80. The first-order valence-corrected chi connectivity index (χ1v) is 5.20. The Morgan fingerprint density at radius 1 is 1.75 bits per heavy atom. The maximum atomic E-state index is 5.80. The highest BCUT2D eigenvalue weighted by Gasteiger charge is 2.55. The molecule has 2 rings (SSSR count). The molecule has 0 amide bonds. The van der Waals surface area contributed by atoms with E-state index in [-0.39, 0.29) is 11.6 Å². The van der Waals surface area contributed by atoms with Crippen molar-refractivity contribution >= 4 is 19.6 Å². The number of fused-ring (bicyclic) bond motifs is 2. The lowest BCUT2D eigenvalue weighted by molar-refractivity contribution is -0.0618. The summed E-state index contributed by atoms with van der Waals surface area (Å²) in [6, 6.07) is -0.0821. The van der Waals surface area contributed by atoms with Crippen LogP contribution in [0.3, 0.4) is 0 Å². The third-order valence-corrected chi connectivity index (χ3v) is 4.41. The number of methoxy groups -OCH3 is 1. The van der Waals surface area contributed by atoms with Crippen molar-refractivity contribution in [3.8, 4) is 0 Å². The third-order valence-electron chi connectivity index (χ3n) is 2.79. The van der Waals surface area contributed by atoms with Crippen molar-refractivity contribution in [3.05, 3.63) is 0 Å². The van der Waals surface area contributed by atoms with Gasteiger partial charge in [0.25, 0.3) is 0 Å². The van der Waals surface area contributed by atoms with Crippen LogP contribution in [-0.4, -0.2) is 43.7 Å². The minimum Gasteiger partial charge on any atom is -0.382 e. The van der Waals surface area contributed by atoms with Crippen molar-refractivity contribution in [3.63, 3.8) is 0 Å². The van der Waals surface area contributed by atoms with Crippen LogP contribution in [0.5, 0.6) is 0 Å².